The van der Waals surface area contributed by atoms with Gasteiger partial charge in [-0.2, -0.15) is 13.2 Å². The van der Waals surface area contributed by atoms with Crippen molar-refractivity contribution in [1.82, 2.24) is 4.90 Å². The highest BCUT2D eigenvalue weighted by Crippen LogP contribution is 2.33. The van der Waals surface area contributed by atoms with Crippen LogP contribution in [0.1, 0.15) is 35.2 Å². The molecule has 1 aromatic carbocycles. The molecule has 0 unspecified atom stereocenters. The number of nitrogens with zero attached hydrogens (tertiary/aromatic N) is 1. The molecular formula is C14H15F4NO2. The monoisotopic (exact) mass is 305 g/mol. The zero-order chi connectivity index (χ0) is 15.6. The van der Waals surface area contributed by atoms with Gasteiger partial charge >= 0.3 is 6.18 Å². The van der Waals surface area contributed by atoms with Gasteiger partial charge in [0.05, 0.1) is 12.2 Å². The SMILES string of the molecule is O=C(c1ccc(F)c(C(F)(F)F)c1)N(CCO)C1CCC1. The minimum atomic E-state index is -4.85. The van der Waals surface area contributed by atoms with Crippen molar-refractivity contribution in [1.29, 1.82) is 0 Å². The van der Waals surface area contributed by atoms with Crippen molar-refractivity contribution >= 4 is 5.91 Å². The average molecular weight is 305 g/mol. The van der Waals surface area contributed by atoms with E-state index >= 15 is 0 Å². The van der Waals surface area contributed by atoms with Crippen LogP contribution in [0.3, 0.4) is 0 Å². The third-order valence-electron chi connectivity index (χ3n) is 3.64. The maximum Gasteiger partial charge on any atom is 0.419 e. The second-order valence-electron chi connectivity index (χ2n) is 5.00. The van der Waals surface area contributed by atoms with E-state index in [2.05, 4.69) is 0 Å². The van der Waals surface area contributed by atoms with E-state index in [0.29, 0.717) is 12.1 Å². The van der Waals surface area contributed by atoms with Gasteiger partial charge in [0.1, 0.15) is 5.82 Å². The highest BCUT2D eigenvalue weighted by Gasteiger charge is 2.36. The van der Waals surface area contributed by atoms with E-state index in [1.807, 2.05) is 0 Å². The van der Waals surface area contributed by atoms with Crippen molar-refractivity contribution in [2.75, 3.05) is 13.2 Å². The number of hydrogen-bond acceptors (Lipinski definition) is 2. The smallest absolute Gasteiger partial charge is 0.395 e. The van der Waals surface area contributed by atoms with Crippen LogP contribution in [0.4, 0.5) is 17.6 Å². The number of alkyl halides is 3. The molecule has 0 atom stereocenters. The fourth-order valence-corrected chi connectivity index (χ4v) is 2.30. The molecule has 21 heavy (non-hydrogen) atoms. The van der Waals surface area contributed by atoms with Gasteiger partial charge in [0, 0.05) is 18.2 Å². The van der Waals surface area contributed by atoms with Crippen LogP contribution in [0.5, 0.6) is 0 Å². The number of rotatable bonds is 4. The number of aliphatic hydroxyl groups is 1. The number of carbonyl (C=O) groups is 1. The Kier molecular flexibility index (Phi) is 4.51. The quantitative estimate of drug-likeness (QED) is 0.869. The molecule has 0 aromatic heterocycles. The Morgan fingerprint density at radius 1 is 1.33 bits per heavy atom. The standard InChI is InChI=1S/C14H15F4NO2/c15-12-5-4-9(8-11(12)14(16,17)18)13(21)19(6-7-20)10-2-1-3-10/h4-5,8,10,20H,1-3,6-7H2. The maximum absolute atomic E-state index is 13.2. The molecule has 1 saturated carbocycles. The van der Waals surface area contributed by atoms with Gasteiger partial charge in [0.2, 0.25) is 0 Å². The van der Waals surface area contributed by atoms with E-state index in [-0.39, 0.29) is 24.8 Å². The Morgan fingerprint density at radius 3 is 2.48 bits per heavy atom. The van der Waals surface area contributed by atoms with E-state index in [1.54, 1.807) is 0 Å². The maximum atomic E-state index is 13.2. The summed E-state index contributed by atoms with van der Waals surface area (Å²) in [7, 11) is 0. The van der Waals surface area contributed by atoms with Crippen LogP contribution in [0.2, 0.25) is 0 Å². The molecule has 1 aromatic rings. The van der Waals surface area contributed by atoms with E-state index in [9.17, 15) is 22.4 Å². The van der Waals surface area contributed by atoms with E-state index < -0.39 is 23.5 Å². The summed E-state index contributed by atoms with van der Waals surface area (Å²) in [5, 5.41) is 9.00. The van der Waals surface area contributed by atoms with Crippen LogP contribution < -0.4 is 0 Å². The first-order valence-corrected chi connectivity index (χ1v) is 6.63. The van der Waals surface area contributed by atoms with Gasteiger partial charge in [0.25, 0.3) is 5.91 Å². The summed E-state index contributed by atoms with van der Waals surface area (Å²) in [4.78, 5) is 13.6. The predicted molar refractivity (Wildman–Crippen MR) is 67.2 cm³/mol. The van der Waals surface area contributed by atoms with Crippen LogP contribution in [0, 0.1) is 5.82 Å². The molecule has 1 aliphatic rings. The van der Waals surface area contributed by atoms with E-state index in [0.717, 1.165) is 25.3 Å². The predicted octanol–water partition coefficient (Wildman–Crippen LogP) is 2.83. The molecule has 1 N–H and O–H groups in total. The van der Waals surface area contributed by atoms with Crippen molar-refractivity contribution in [3.8, 4) is 0 Å². The van der Waals surface area contributed by atoms with Crippen LogP contribution in [0.15, 0.2) is 18.2 Å². The van der Waals surface area contributed by atoms with Crippen LogP contribution in [-0.4, -0.2) is 35.1 Å². The summed E-state index contributed by atoms with van der Waals surface area (Å²) >= 11 is 0. The van der Waals surface area contributed by atoms with Crippen molar-refractivity contribution < 1.29 is 27.5 Å². The topological polar surface area (TPSA) is 40.5 Å². The lowest BCUT2D eigenvalue weighted by molar-refractivity contribution is -0.140. The molecule has 1 fully saturated rings. The fourth-order valence-electron chi connectivity index (χ4n) is 2.30. The minimum absolute atomic E-state index is 0.0578. The molecule has 2 rings (SSSR count). The molecule has 0 heterocycles. The second-order valence-corrected chi connectivity index (χ2v) is 5.00. The normalized spacial score (nSPS) is 15.7. The molecule has 0 aliphatic heterocycles. The molecule has 1 amide bonds. The number of hydrogen-bond donors (Lipinski definition) is 1. The van der Waals surface area contributed by atoms with Crippen molar-refractivity contribution in [3.63, 3.8) is 0 Å². The van der Waals surface area contributed by atoms with Gasteiger partial charge in [0.15, 0.2) is 0 Å². The molecule has 0 saturated heterocycles. The second kappa shape index (κ2) is 6.01. The molecule has 116 valence electrons. The number of benzene rings is 1. The molecule has 7 heteroatoms. The lowest BCUT2D eigenvalue weighted by atomic mass is 9.91. The Morgan fingerprint density at radius 2 is 2.00 bits per heavy atom. The van der Waals surface area contributed by atoms with Gasteiger partial charge in [-0.05, 0) is 37.5 Å². The third kappa shape index (κ3) is 3.34. The minimum Gasteiger partial charge on any atom is -0.395 e. The summed E-state index contributed by atoms with van der Waals surface area (Å²) in [6.45, 7) is -0.211. The summed E-state index contributed by atoms with van der Waals surface area (Å²) in [6, 6.07) is 2.15. The van der Waals surface area contributed by atoms with Gasteiger partial charge in [-0.1, -0.05) is 0 Å². The lowest BCUT2D eigenvalue weighted by Gasteiger charge is -2.37. The molecule has 0 spiro atoms. The van der Waals surface area contributed by atoms with Crippen molar-refractivity contribution in [2.24, 2.45) is 0 Å². The number of amides is 1. The van der Waals surface area contributed by atoms with E-state index in [4.69, 9.17) is 5.11 Å². The van der Waals surface area contributed by atoms with Gasteiger partial charge in [-0.25, -0.2) is 4.39 Å². The summed E-state index contributed by atoms with van der Waals surface area (Å²) in [6.07, 6.45) is -2.38. The first-order chi connectivity index (χ1) is 9.84. The first kappa shape index (κ1) is 15.8. The zero-order valence-corrected chi connectivity index (χ0v) is 11.2. The van der Waals surface area contributed by atoms with Crippen molar-refractivity contribution in [2.45, 2.75) is 31.5 Å². The molecule has 1 aliphatic carbocycles. The average Bonchev–Trinajstić information content (AvgIpc) is 2.34. The van der Waals surface area contributed by atoms with Crippen LogP contribution in [0.25, 0.3) is 0 Å². The van der Waals surface area contributed by atoms with E-state index in [1.165, 1.54) is 4.90 Å². The first-order valence-electron chi connectivity index (χ1n) is 6.63. The molecular weight excluding hydrogens is 290 g/mol. The summed E-state index contributed by atoms with van der Waals surface area (Å²) < 4.78 is 51.2. The largest absolute Gasteiger partial charge is 0.419 e. The highest BCUT2D eigenvalue weighted by atomic mass is 19.4. The number of aliphatic hydroxyl groups excluding tert-OH is 1. The number of halogens is 4. The Bertz CT molecular complexity index is 526. The molecule has 0 bridgehead atoms. The lowest BCUT2D eigenvalue weighted by Crippen LogP contribution is -2.45. The zero-order valence-electron chi connectivity index (χ0n) is 11.2. The Balaban J connectivity index is 2.29. The third-order valence-corrected chi connectivity index (χ3v) is 3.64. The summed E-state index contributed by atoms with van der Waals surface area (Å²) in [5.74, 6) is -2.02. The highest BCUT2D eigenvalue weighted by molar-refractivity contribution is 5.94. The van der Waals surface area contributed by atoms with Gasteiger partial charge in [-0.15, -0.1) is 0 Å². The van der Waals surface area contributed by atoms with Crippen LogP contribution >= 0.6 is 0 Å². The summed E-state index contributed by atoms with van der Waals surface area (Å²) in [5.41, 5.74) is -1.67. The fraction of sp³-hybridized carbons (Fsp3) is 0.500. The molecule has 0 radical (unpaired) electrons. The van der Waals surface area contributed by atoms with Gasteiger partial charge in [-0.3, -0.25) is 4.79 Å². The Labute approximate surface area is 119 Å². The molecule has 3 nitrogen and oxygen atoms in total. The number of carbonyl (C=O) groups excluding carboxylic acids is 1. The van der Waals surface area contributed by atoms with Crippen LogP contribution in [-0.2, 0) is 6.18 Å². The van der Waals surface area contributed by atoms with Gasteiger partial charge < -0.3 is 10.0 Å². The van der Waals surface area contributed by atoms with Crippen molar-refractivity contribution in [3.05, 3.63) is 35.1 Å². The Hall–Kier alpha value is -1.63.